The SMILES string of the molecule is COCCN(CC(=O)Nc1nc(-c2ccccc2)cn1-c1cccc(C)c1)C(=O)Cc1ccccc1. The van der Waals surface area contributed by atoms with Gasteiger partial charge in [-0.2, -0.15) is 0 Å². The smallest absolute Gasteiger partial charge is 0.246 e. The summed E-state index contributed by atoms with van der Waals surface area (Å²) >= 11 is 0. The summed E-state index contributed by atoms with van der Waals surface area (Å²) in [4.78, 5) is 32.4. The van der Waals surface area contributed by atoms with Crippen molar-refractivity contribution in [3.8, 4) is 16.9 Å². The summed E-state index contributed by atoms with van der Waals surface area (Å²) in [6.45, 7) is 2.57. The maximum absolute atomic E-state index is 13.1. The van der Waals surface area contributed by atoms with Crippen LogP contribution in [0.1, 0.15) is 11.1 Å². The largest absolute Gasteiger partial charge is 0.383 e. The highest BCUT2D eigenvalue weighted by Crippen LogP contribution is 2.24. The Bertz CT molecular complexity index is 1300. The highest BCUT2D eigenvalue weighted by molar-refractivity contribution is 5.94. The Morgan fingerprint density at radius 2 is 1.69 bits per heavy atom. The molecule has 0 aliphatic rings. The Morgan fingerprint density at radius 3 is 2.39 bits per heavy atom. The van der Waals surface area contributed by atoms with Gasteiger partial charge in [-0.3, -0.25) is 19.5 Å². The first-order valence-corrected chi connectivity index (χ1v) is 11.9. The van der Waals surface area contributed by atoms with E-state index in [0.29, 0.717) is 19.1 Å². The van der Waals surface area contributed by atoms with E-state index in [1.807, 2.05) is 103 Å². The number of carbonyl (C=O) groups is 2. The predicted molar refractivity (Wildman–Crippen MR) is 141 cm³/mol. The predicted octanol–water partition coefficient (Wildman–Crippen LogP) is 4.50. The number of aromatic nitrogens is 2. The Labute approximate surface area is 211 Å². The van der Waals surface area contributed by atoms with Crippen molar-refractivity contribution in [1.82, 2.24) is 14.5 Å². The van der Waals surface area contributed by atoms with Crippen LogP contribution < -0.4 is 5.32 Å². The van der Waals surface area contributed by atoms with Gasteiger partial charge in [-0.05, 0) is 30.2 Å². The van der Waals surface area contributed by atoms with Crippen molar-refractivity contribution in [3.63, 3.8) is 0 Å². The molecule has 0 saturated carbocycles. The second-order valence-corrected chi connectivity index (χ2v) is 8.54. The van der Waals surface area contributed by atoms with E-state index in [-0.39, 0.29) is 24.8 Å². The van der Waals surface area contributed by atoms with Gasteiger partial charge in [-0.15, -0.1) is 0 Å². The summed E-state index contributed by atoms with van der Waals surface area (Å²) in [6, 6.07) is 27.3. The van der Waals surface area contributed by atoms with E-state index in [9.17, 15) is 9.59 Å². The third-order valence-corrected chi connectivity index (χ3v) is 5.76. The molecule has 1 aromatic heterocycles. The van der Waals surface area contributed by atoms with Gasteiger partial charge in [0.05, 0.1) is 18.7 Å². The molecule has 0 aliphatic heterocycles. The number of anilines is 1. The van der Waals surface area contributed by atoms with Crippen LogP contribution >= 0.6 is 0 Å². The zero-order chi connectivity index (χ0) is 25.3. The maximum Gasteiger partial charge on any atom is 0.246 e. The van der Waals surface area contributed by atoms with Crippen LogP contribution in [0.3, 0.4) is 0 Å². The summed E-state index contributed by atoms with van der Waals surface area (Å²) in [5, 5.41) is 2.92. The fourth-order valence-corrected chi connectivity index (χ4v) is 3.90. The van der Waals surface area contributed by atoms with Crippen molar-refractivity contribution in [2.45, 2.75) is 13.3 Å². The number of nitrogens with zero attached hydrogens (tertiary/aromatic N) is 3. The molecule has 0 fully saturated rings. The van der Waals surface area contributed by atoms with E-state index in [4.69, 9.17) is 9.72 Å². The van der Waals surface area contributed by atoms with Crippen LogP contribution in [-0.2, 0) is 20.7 Å². The van der Waals surface area contributed by atoms with Crippen LogP contribution in [0.2, 0.25) is 0 Å². The number of rotatable bonds is 10. The monoisotopic (exact) mass is 482 g/mol. The van der Waals surface area contributed by atoms with Gasteiger partial charge in [-0.25, -0.2) is 4.98 Å². The maximum atomic E-state index is 13.1. The summed E-state index contributed by atoms with van der Waals surface area (Å²) in [5.41, 5.74) is 4.56. The topological polar surface area (TPSA) is 76.5 Å². The van der Waals surface area contributed by atoms with E-state index in [2.05, 4.69) is 5.32 Å². The minimum absolute atomic E-state index is 0.101. The highest BCUT2D eigenvalue weighted by Gasteiger charge is 2.20. The van der Waals surface area contributed by atoms with Crippen LogP contribution in [0, 0.1) is 6.92 Å². The minimum Gasteiger partial charge on any atom is -0.383 e. The standard InChI is InChI=1S/C29H30N4O3/c1-22-10-9-15-25(18-22)33-20-26(24-13-7-4-8-14-24)30-29(33)31-27(34)21-32(16-17-36-2)28(35)19-23-11-5-3-6-12-23/h3-15,18,20H,16-17,19,21H2,1-2H3,(H,30,31,34). The van der Waals surface area contributed by atoms with Crippen molar-refractivity contribution >= 4 is 17.8 Å². The van der Waals surface area contributed by atoms with Crippen molar-refractivity contribution < 1.29 is 14.3 Å². The molecule has 4 aromatic rings. The first kappa shape index (κ1) is 24.9. The number of hydrogen-bond donors (Lipinski definition) is 1. The molecule has 184 valence electrons. The quantitative estimate of drug-likeness (QED) is 0.361. The first-order valence-electron chi connectivity index (χ1n) is 11.9. The lowest BCUT2D eigenvalue weighted by Gasteiger charge is -2.22. The molecule has 0 bridgehead atoms. The molecule has 0 atom stereocenters. The number of imidazole rings is 1. The second-order valence-electron chi connectivity index (χ2n) is 8.54. The van der Waals surface area contributed by atoms with Gasteiger partial charge in [0.25, 0.3) is 0 Å². The molecule has 7 nitrogen and oxygen atoms in total. The number of amides is 2. The molecule has 1 N–H and O–H groups in total. The minimum atomic E-state index is -0.327. The number of hydrogen-bond acceptors (Lipinski definition) is 4. The summed E-state index contributed by atoms with van der Waals surface area (Å²) in [6.07, 6.45) is 2.12. The lowest BCUT2D eigenvalue weighted by atomic mass is 10.1. The van der Waals surface area contributed by atoms with Gasteiger partial charge in [0.2, 0.25) is 17.8 Å². The number of aryl methyl sites for hydroxylation is 1. The Kier molecular flexibility index (Phi) is 8.26. The fourth-order valence-electron chi connectivity index (χ4n) is 3.90. The molecule has 0 spiro atoms. The van der Waals surface area contributed by atoms with Crippen molar-refractivity contribution in [2.24, 2.45) is 0 Å². The molecule has 7 heteroatoms. The molecule has 0 radical (unpaired) electrons. The molecule has 0 saturated heterocycles. The van der Waals surface area contributed by atoms with Crippen molar-refractivity contribution in [1.29, 1.82) is 0 Å². The molecule has 1 heterocycles. The van der Waals surface area contributed by atoms with Crippen LogP contribution in [0.15, 0.2) is 91.1 Å². The van der Waals surface area contributed by atoms with Gasteiger partial charge >= 0.3 is 0 Å². The second kappa shape index (κ2) is 12.0. The number of nitrogens with one attached hydrogen (secondary N) is 1. The first-order chi connectivity index (χ1) is 17.5. The van der Waals surface area contributed by atoms with Crippen LogP contribution in [0.5, 0.6) is 0 Å². The Morgan fingerprint density at radius 1 is 0.972 bits per heavy atom. The normalized spacial score (nSPS) is 10.7. The van der Waals surface area contributed by atoms with Crippen LogP contribution in [0.25, 0.3) is 16.9 Å². The molecular formula is C29H30N4O3. The zero-order valence-electron chi connectivity index (χ0n) is 20.6. The lowest BCUT2D eigenvalue weighted by molar-refractivity contribution is -0.134. The molecule has 0 aliphatic carbocycles. The van der Waals surface area contributed by atoms with Crippen LogP contribution in [0.4, 0.5) is 5.95 Å². The Balaban J connectivity index is 1.56. The molecule has 36 heavy (non-hydrogen) atoms. The summed E-state index contributed by atoms with van der Waals surface area (Å²) in [5.74, 6) is -0.0707. The zero-order valence-corrected chi connectivity index (χ0v) is 20.6. The fraction of sp³-hybridized carbons (Fsp3) is 0.207. The number of carbonyl (C=O) groups excluding carboxylic acids is 2. The number of ether oxygens (including phenoxy) is 1. The van der Waals surface area contributed by atoms with Gasteiger partial charge in [0.15, 0.2) is 0 Å². The van der Waals surface area contributed by atoms with E-state index < -0.39 is 0 Å². The van der Waals surface area contributed by atoms with Gasteiger partial charge < -0.3 is 9.64 Å². The number of benzene rings is 3. The molecule has 3 aromatic carbocycles. The highest BCUT2D eigenvalue weighted by atomic mass is 16.5. The summed E-state index contributed by atoms with van der Waals surface area (Å²) < 4.78 is 7.03. The molecule has 0 unspecified atom stereocenters. The third kappa shape index (κ3) is 6.46. The van der Waals surface area contributed by atoms with E-state index in [1.165, 1.54) is 4.90 Å². The Hall–Kier alpha value is -4.23. The average Bonchev–Trinajstić information content (AvgIpc) is 3.31. The van der Waals surface area contributed by atoms with E-state index in [1.54, 1.807) is 7.11 Å². The van der Waals surface area contributed by atoms with Crippen molar-refractivity contribution in [3.05, 3.63) is 102 Å². The molecule has 2 amide bonds. The van der Waals surface area contributed by atoms with Crippen LogP contribution in [-0.4, -0.2) is 53.1 Å². The van der Waals surface area contributed by atoms with E-state index in [0.717, 1.165) is 28.1 Å². The third-order valence-electron chi connectivity index (χ3n) is 5.76. The summed E-state index contributed by atoms with van der Waals surface area (Å²) in [7, 11) is 1.57. The van der Waals surface area contributed by atoms with Gasteiger partial charge in [-0.1, -0.05) is 72.8 Å². The molecular weight excluding hydrogens is 452 g/mol. The lowest BCUT2D eigenvalue weighted by Crippen LogP contribution is -2.41. The molecule has 4 rings (SSSR count). The van der Waals surface area contributed by atoms with Crippen molar-refractivity contribution in [2.75, 3.05) is 32.1 Å². The van der Waals surface area contributed by atoms with Gasteiger partial charge in [0, 0.05) is 31.1 Å². The van der Waals surface area contributed by atoms with E-state index >= 15 is 0 Å². The number of methoxy groups -OCH3 is 1. The average molecular weight is 483 g/mol. The van der Waals surface area contributed by atoms with Gasteiger partial charge in [0.1, 0.15) is 6.54 Å².